The van der Waals surface area contributed by atoms with Gasteiger partial charge in [-0.1, -0.05) is 130 Å². The zero-order valence-corrected chi connectivity index (χ0v) is 32.0. The van der Waals surface area contributed by atoms with Gasteiger partial charge >= 0.3 is 0 Å². The number of hydrogen-bond donors (Lipinski definition) is 0. The maximum atomic E-state index is 2.51. The van der Waals surface area contributed by atoms with Crippen LogP contribution in [0.3, 0.4) is 0 Å². The molecule has 1 aromatic heterocycles. The van der Waals surface area contributed by atoms with Crippen LogP contribution in [0.4, 0.5) is 17.1 Å². The van der Waals surface area contributed by atoms with Crippen molar-refractivity contribution in [3.63, 3.8) is 0 Å². The molecule has 0 aliphatic heterocycles. The molecule has 56 heavy (non-hydrogen) atoms. The fourth-order valence-electron chi connectivity index (χ4n) is 10.0. The number of nitrogens with zero attached hydrogens (tertiary/aromatic N) is 2. The van der Waals surface area contributed by atoms with Crippen molar-refractivity contribution in [2.75, 3.05) is 4.90 Å². The van der Waals surface area contributed by atoms with Crippen LogP contribution in [0.5, 0.6) is 0 Å². The molecule has 268 valence electrons. The Kier molecular flexibility index (Phi) is 7.28. The molecular formula is C54H42N2. The molecule has 2 aliphatic rings. The summed E-state index contributed by atoms with van der Waals surface area (Å²) in [7, 11) is 0. The summed E-state index contributed by atoms with van der Waals surface area (Å²) in [5.41, 5.74) is 15.2. The number of anilines is 3. The summed E-state index contributed by atoms with van der Waals surface area (Å²) in [5.74, 6) is 0.558. The number of benzene rings is 8. The highest BCUT2D eigenvalue weighted by atomic mass is 15.1. The van der Waals surface area contributed by atoms with E-state index in [2.05, 4.69) is 212 Å². The van der Waals surface area contributed by atoms with E-state index in [0.717, 1.165) is 29.2 Å². The second kappa shape index (κ2) is 12.4. The van der Waals surface area contributed by atoms with Gasteiger partial charge in [-0.25, -0.2) is 0 Å². The van der Waals surface area contributed by atoms with E-state index in [1.807, 2.05) is 0 Å². The summed E-state index contributed by atoms with van der Waals surface area (Å²) < 4.78 is 2.40. The zero-order chi connectivity index (χ0) is 37.5. The summed E-state index contributed by atoms with van der Waals surface area (Å²) in [6.07, 6.45) is 5.86. The molecule has 0 saturated carbocycles. The standard InChI is InChI=1S/C54H42N2/c1-35-14-12-22-46-49-32-39-27-25-36-24-26-38(31-47(36)48(39)34-50(49)54(2,3)53(35)46)37-15-13-20-42(30-37)55(40-16-6-4-7-17-40)43-28-29-45-44-21-10-11-23-51(44)56(52(45)33-43)41-18-8-5-9-19-41/h4-13,15-35H,14H2,1-3H3. The molecule has 0 spiro atoms. The first-order valence-corrected chi connectivity index (χ1v) is 19.9. The van der Waals surface area contributed by atoms with Gasteiger partial charge in [0.15, 0.2) is 0 Å². The van der Waals surface area contributed by atoms with E-state index in [1.54, 1.807) is 5.57 Å². The largest absolute Gasteiger partial charge is 0.310 e. The lowest BCUT2D eigenvalue weighted by molar-refractivity contribution is 0.531. The van der Waals surface area contributed by atoms with Crippen molar-refractivity contribution in [1.29, 1.82) is 0 Å². The minimum atomic E-state index is 0.0104. The number of rotatable bonds is 5. The monoisotopic (exact) mass is 718 g/mol. The highest BCUT2D eigenvalue weighted by Gasteiger charge is 2.40. The van der Waals surface area contributed by atoms with E-state index in [9.17, 15) is 0 Å². The Bertz CT molecular complexity index is 3090. The third-order valence-corrected chi connectivity index (χ3v) is 12.6. The minimum Gasteiger partial charge on any atom is -0.310 e. The highest BCUT2D eigenvalue weighted by molar-refractivity contribution is 6.12. The second-order valence-electron chi connectivity index (χ2n) is 16.2. The average Bonchev–Trinajstić information content (AvgIpc) is 3.69. The van der Waals surface area contributed by atoms with Gasteiger partial charge in [0.1, 0.15) is 0 Å². The lowest BCUT2D eigenvalue weighted by Crippen LogP contribution is -2.22. The quantitative estimate of drug-likeness (QED) is 0.161. The number of fused-ring (bicyclic) bond motifs is 8. The first-order valence-electron chi connectivity index (χ1n) is 19.9. The first kappa shape index (κ1) is 32.8. The van der Waals surface area contributed by atoms with Crippen molar-refractivity contribution < 1.29 is 0 Å². The van der Waals surface area contributed by atoms with Crippen molar-refractivity contribution in [2.45, 2.75) is 32.6 Å². The fraction of sp³-hybridized carbons (Fsp3) is 0.111. The molecule has 11 rings (SSSR count). The summed E-state index contributed by atoms with van der Waals surface area (Å²) in [6.45, 7) is 7.24. The topological polar surface area (TPSA) is 8.17 Å². The van der Waals surface area contributed by atoms with E-state index >= 15 is 0 Å². The molecule has 0 radical (unpaired) electrons. The van der Waals surface area contributed by atoms with Crippen molar-refractivity contribution >= 4 is 66.0 Å². The van der Waals surface area contributed by atoms with Crippen molar-refractivity contribution in [2.24, 2.45) is 5.92 Å². The third kappa shape index (κ3) is 4.95. The Morgan fingerprint density at radius 1 is 0.536 bits per heavy atom. The molecule has 0 saturated heterocycles. The van der Waals surface area contributed by atoms with Gasteiger partial charge in [-0.15, -0.1) is 0 Å². The molecule has 2 nitrogen and oxygen atoms in total. The summed E-state index contributed by atoms with van der Waals surface area (Å²) in [6, 6.07) is 62.7. The van der Waals surface area contributed by atoms with Gasteiger partial charge in [-0.2, -0.15) is 0 Å². The van der Waals surface area contributed by atoms with Crippen LogP contribution in [0.25, 0.3) is 65.7 Å². The highest BCUT2D eigenvalue weighted by Crippen LogP contribution is 2.53. The Morgan fingerprint density at radius 2 is 1.21 bits per heavy atom. The SMILES string of the molecule is CC1CC=CC2=C1C(C)(C)c1cc3c(ccc4ccc(-c5cccc(N(c6ccccc6)c6ccc7c8ccccc8n(-c8ccccc8)c7c6)c5)cc43)cc12. The van der Waals surface area contributed by atoms with Crippen molar-refractivity contribution in [1.82, 2.24) is 4.57 Å². The van der Waals surface area contributed by atoms with Crippen LogP contribution < -0.4 is 4.90 Å². The van der Waals surface area contributed by atoms with Gasteiger partial charge in [-0.05, 0) is 140 Å². The number of aromatic nitrogens is 1. The Labute approximate surface area is 328 Å². The lowest BCUT2D eigenvalue weighted by Gasteiger charge is -2.30. The Hall–Kier alpha value is -6.64. The maximum Gasteiger partial charge on any atom is 0.0561 e. The average molecular weight is 719 g/mol. The fourth-order valence-corrected chi connectivity index (χ4v) is 10.0. The summed E-state index contributed by atoms with van der Waals surface area (Å²) in [4.78, 5) is 2.39. The predicted molar refractivity (Wildman–Crippen MR) is 239 cm³/mol. The smallest absolute Gasteiger partial charge is 0.0561 e. The molecule has 2 heteroatoms. The molecule has 1 atom stereocenters. The summed E-state index contributed by atoms with van der Waals surface area (Å²) in [5, 5.41) is 7.71. The normalized spacial score (nSPS) is 15.9. The van der Waals surface area contributed by atoms with Crippen LogP contribution >= 0.6 is 0 Å². The van der Waals surface area contributed by atoms with Gasteiger partial charge in [0.2, 0.25) is 0 Å². The van der Waals surface area contributed by atoms with Crippen LogP contribution in [0.2, 0.25) is 0 Å². The third-order valence-electron chi connectivity index (χ3n) is 12.6. The molecule has 0 N–H and O–H groups in total. The van der Waals surface area contributed by atoms with E-state index in [0.29, 0.717) is 5.92 Å². The van der Waals surface area contributed by atoms with Gasteiger partial charge < -0.3 is 9.47 Å². The van der Waals surface area contributed by atoms with E-state index in [4.69, 9.17) is 0 Å². The Balaban J connectivity index is 1.06. The second-order valence-corrected chi connectivity index (χ2v) is 16.2. The van der Waals surface area contributed by atoms with Crippen LogP contribution in [0.1, 0.15) is 38.3 Å². The van der Waals surface area contributed by atoms with Gasteiger partial charge in [0.05, 0.1) is 11.0 Å². The van der Waals surface area contributed by atoms with E-state index in [1.165, 1.54) is 71.2 Å². The molecule has 1 heterocycles. The van der Waals surface area contributed by atoms with Crippen molar-refractivity contribution in [3.8, 4) is 16.8 Å². The number of para-hydroxylation sites is 3. The van der Waals surface area contributed by atoms with E-state index < -0.39 is 0 Å². The van der Waals surface area contributed by atoms with Gasteiger partial charge in [0.25, 0.3) is 0 Å². The molecule has 8 aromatic carbocycles. The molecule has 0 fully saturated rings. The minimum absolute atomic E-state index is 0.0104. The number of allylic oxidation sites excluding steroid dienone is 4. The number of hydrogen-bond acceptors (Lipinski definition) is 1. The first-order chi connectivity index (χ1) is 27.4. The molecule has 0 bridgehead atoms. The van der Waals surface area contributed by atoms with E-state index in [-0.39, 0.29) is 5.41 Å². The predicted octanol–water partition coefficient (Wildman–Crippen LogP) is 14.9. The summed E-state index contributed by atoms with van der Waals surface area (Å²) >= 11 is 0. The molecule has 1 unspecified atom stereocenters. The van der Waals surface area contributed by atoms with Gasteiger partial charge in [0, 0.05) is 38.9 Å². The van der Waals surface area contributed by atoms with Crippen LogP contribution in [0.15, 0.2) is 188 Å². The van der Waals surface area contributed by atoms with Crippen molar-refractivity contribution in [3.05, 3.63) is 199 Å². The molecule has 0 amide bonds. The van der Waals surface area contributed by atoms with Crippen LogP contribution in [-0.2, 0) is 5.41 Å². The van der Waals surface area contributed by atoms with Crippen LogP contribution in [-0.4, -0.2) is 4.57 Å². The Morgan fingerprint density at radius 3 is 2.07 bits per heavy atom. The lowest BCUT2D eigenvalue weighted by atomic mass is 9.74. The molecular weight excluding hydrogens is 677 g/mol. The molecule has 9 aromatic rings. The maximum absolute atomic E-state index is 2.51. The van der Waals surface area contributed by atoms with Crippen LogP contribution in [0, 0.1) is 5.92 Å². The zero-order valence-electron chi connectivity index (χ0n) is 32.0. The molecule has 2 aliphatic carbocycles. The van der Waals surface area contributed by atoms with Gasteiger partial charge in [-0.3, -0.25) is 0 Å².